The Morgan fingerprint density at radius 2 is 1.95 bits per heavy atom. The Balaban J connectivity index is 2.30. The third-order valence-corrected chi connectivity index (χ3v) is 5.35. The fourth-order valence-corrected chi connectivity index (χ4v) is 3.93. The highest BCUT2D eigenvalue weighted by atomic mass is 32.2. The Morgan fingerprint density at radius 3 is 2.55 bits per heavy atom. The molecule has 0 unspecified atom stereocenters. The Morgan fingerprint density at radius 1 is 1.25 bits per heavy atom. The van der Waals surface area contributed by atoms with E-state index in [1.807, 2.05) is 6.92 Å². The van der Waals surface area contributed by atoms with E-state index in [1.165, 1.54) is 0 Å². The predicted octanol–water partition coefficient (Wildman–Crippen LogP) is 1.51. The molecular weight excluding hydrogens is 274 g/mol. The summed E-state index contributed by atoms with van der Waals surface area (Å²) in [6, 6.07) is 4.96. The summed E-state index contributed by atoms with van der Waals surface area (Å²) in [5.74, 6) is 5.39. The van der Waals surface area contributed by atoms with Crippen LogP contribution in [0.25, 0.3) is 0 Å². The van der Waals surface area contributed by atoms with E-state index in [9.17, 15) is 8.42 Å². The first-order valence-electron chi connectivity index (χ1n) is 6.76. The summed E-state index contributed by atoms with van der Waals surface area (Å²) in [6.07, 6.45) is 2.96. The van der Waals surface area contributed by atoms with Crippen LogP contribution in [-0.2, 0) is 10.0 Å². The molecule has 0 amide bonds. The van der Waals surface area contributed by atoms with Crippen LogP contribution in [0.1, 0.15) is 30.4 Å². The number of benzene rings is 1. The number of hydrogen-bond donors (Lipinski definition) is 1. The van der Waals surface area contributed by atoms with E-state index in [1.54, 1.807) is 22.5 Å². The van der Waals surface area contributed by atoms with Crippen molar-refractivity contribution < 1.29 is 13.5 Å². The molecule has 1 aromatic carbocycles. The molecule has 0 aliphatic carbocycles. The monoisotopic (exact) mass is 293 g/mol. The number of rotatable bonds is 2. The van der Waals surface area contributed by atoms with Gasteiger partial charge in [0.2, 0.25) is 10.0 Å². The van der Waals surface area contributed by atoms with Crippen LogP contribution < -0.4 is 0 Å². The Hall–Kier alpha value is -1.35. The Kier molecular flexibility index (Phi) is 4.81. The lowest BCUT2D eigenvalue weighted by Gasteiger charge is -2.26. The van der Waals surface area contributed by atoms with Crippen molar-refractivity contribution in [2.24, 2.45) is 0 Å². The highest BCUT2D eigenvalue weighted by Crippen LogP contribution is 2.22. The van der Waals surface area contributed by atoms with Crippen molar-refractivity contribution in [1.82, 2.24) is 4.31 Å². The lowest BCUT2D eigenvalue weighted by Crippen LogP contribution is -2.35. The average molecular weight is 293 g/mol. The molecule has 1 saturated heterocycles. The van der Waals surface area contributed by atoms with Crippen LogP contribution in [0.3, 0.4) is 0 Å². The van der Waals surface area contributed by atoms with E-state index in [-0.39, 0.29) is 6.61 Å². The second-order valence-corrected chi connectivity index (χ2v) is 6.84. The van der Waals surface area contributed by atoms with Gasteiger partial charge in [-0.2, -0.15) is 4.31 Å². The third kappa shape index (κ3) is 3.21. The minimum Gasteiger partial charge on any atom is -0.384 e. The SMILES string of the molecule is Cc1cc(S(=O)(=O)N2CCCCC2)ccc1C#CCO. The average Bonchev–Trinajstić information content (AvgIpc) is 2.47. The summed E-state index contributed by atoms with van der Waals surface area (Å²) < 4.78 is 26.6. The molecule has 0 atom stereocenters. The van der Waals surface area contributed by atoms with Crippen LogP contribution in [0, 0.1) is 18.8 Å². The maximum Gasteiger partial charge on any atom is 0.243 e. The van der Waals surface area contributed by atoms with E-state index in [0.29, 0.717) is 18.0 Å². The molecule has 0 spiro atoms. The molecule has 1 heterocycles. The van der Waals surface area contributed by atoms with Gasteiger partial charge in [-0.25, -0.2) is 8.42 Å². The van der Waals surface area contributed by atoms with Crippen molar-refractivity contribution in [2.45, 2.75) is 31.1 Å². The summed E-state index contributed by atoms with van der Waals surface area (Å²) in [4.78, 5) is 0.325. The third-order valence-electron chi connectivity index (χ3n) is 3.45. The highest BCUT2D eigenvalue weighted by molar-refractivity contribution is 7.89. The van der Waals surface area contributed by atoms with Crippen molar-refractivity contribution >= 4 is 10.0 Å². The standard InChI is InChI=1S/C15H19NO3S/c1-13-12-15(8-7-14(13)6-5-11-17)20(18,19)16-9-3-2-4-10-16/h7-8,12,17H,2-4,9-11H2,1H3. The molecule has 1 aliphatic rings. The summed E-state index contributed by atoms with van der Waals surface area (Å²) in [6.45, 7) is 2.84. The molecule has 0 aromatic heterocycles. The van der Waals surface area contributed by atoms with E-state index in [0.717, 1.165) is 30.4 Å². The number of hydrogen-bond acceptors (Lipinski definition) is 3. The molecule has 2 rings (SSSR count). The second-order valence-electron chi connectivity index (χ2n) is 4.90. The van der Waals surface area contributed by atoms with Crippen LogP contribution in [-0.4, -0.2) is 37.5 Å². The van der Waals surface area contributed by atoms with Crippen molar-refractivity contribution in [1.29, 1.82) is 0 Å². The van der Waals surface area contributed by atoms with Gasteiger partial charge in [-0.15, -0.1) is 0 Å². The van der Waals surface area contributed by atoms with E-state index < -0.39 is 10.0 Å². The zero-order valence-corrected chi connectivity index (χ0v) is 12.4. The van der Waals surface area contributed by atoms with Gasteiger partial charge in [-0.3, -0.25) is 0 Å². The van der Waals surface area contributed by atoms with Gasteiger partial charge in [0.1, 0.15) is 6.61 Å². The summed E-state index contributed by atoms with van der Waals surface area (Å²) in [5.41, 5.74) is 1.56. The van der Waals surface area contributed by atoms with Gasteiger partial charge in [-0.1, -0.05) is 18.3 Å². The van der Waals surface area contributed by atoms with Gasteiger partial charge in [0.25, 0.3) is 0 Å². The number of aliphatic hydroxyl groups excluding tert-OH is 1. The van der Waals surface area contributed by atoms with Crippen LogP contribution >= 0.6 is 0 Å². The molecule has 1 aromatic rings. The Bertz CT molecular complexity index is 635. The molecule has 0 saturated carbocycles. The first-order chi connectivity index (χ1) is 9.55. The predicted molar refractivity (Wildman–Crippen MR) is 77.8 cm³/mol. The quantitative estimate of drug-likeness (QED) is 0.841. The summed E-state index contributed by atoms with van der Waals surface area (Å²) in [5, 5.41) is 8.70. The zero-order chi connectivity index (χ0) is 14.6. The number of aryl methyl sites for hydroxylation is 1. The molecule has 0 radical (unpaired) electrons. The van der Waals surface area contributed by atoms with E-state index in [2.05, 4.69) is 11.8 Å². The lowest BCUT2D eigenvalue weighted by molar-refractivity contribution is 0.346. The van der Waals surface area contributed by atoms with Gasteiger partial charge in [-0.05, 0) is 43.5 Å². The fourth-order valence-electron chi connectivity index (χ4n) is 2.33. The molecule has 4 nitrogen and oxygen atoms in total. The van der Waals surface area contributed by atoms with Gasteiger partial charge in [0.05, 0.1) is 4.90 Å². The highest BCUT2D eigenvalue weighted by Gasteiger charge is 2.25. The van der Waals surface area contributed by atoms with Crippen LogP contribution in [0.2, 0.25) is 0 Å². The van der Waals surface area contributed by atoms with E-state index >= 15 is 0 Å². The molecule has 20 heavy (non-hydrogen) atoms. The number of piperidine rings is 1. The Labute approximate surface area is 120 Å². The molecule has 0 bridgehead atoms. The molecule has 1 aliphatic heterocycles. The van der Waals surface area contributed by atoms with Gasteiger partial charge in [0.15, 0.2) is 0 Å². The minimum atomic E-state index is -3.39. The fraction of sp³-hybridized carbons (Fsp3) is 0.467. The molecule has 5 heteroatoms. The van der Waals surface area contributed by atoms with Gasteiger partial charge < -0.3 is 5.11 Å². The first kappa shape index (κ1) is 15.0. The molecular formula is C15H19NO3S. The number of aliphatic hydroxyl groups is 1. The number of nitrogens with zero attached hydrogens (tertiary/aromatic N) is 1. The lowest BCUT2D eigenvalue weighted by atomic mass is 10.1. The zero-order valence-electron chi connectivity index (χ0n) is 11.6. The molecule has 1 N–H and O–H groups in total. The van der Waals surface area contributed by atoms with Crippen LogP contribution in [0.15, 0.2) is 23.1 Å². The van der Waals surface area contributed by atoms with Crippen LogP contribution in [0.4, 0.5) is 0 Å². The van der Waals surface area contributed by atoms with Crippen molar-refractivity contribution in [3.05, 3.63) is 29.3 Å². The molecule has 1 fully saturated rings. The van der Waals surface area contributed by atoms with Crippen molar-refractivity contribution in [2.75, 3.05) is 19.7 Å². The largest absolute Gasteiger partial charge is 0.384 e. The summed E-state index contributed by atoms with van der Waals surface area (Å²) >= 11 is 0. The maximum atomic E-state index is 12.5. The van der Waals surface area contributed by atoms with Crippen LogP contribution in [0.5, 0.6) is 0 Å². The summed E-state index contributed by atoms with van der Waals surface area (Å²) in [7, 11) is -3.39. The smallest absolute Gasteiger partial charge is 0.243 e. The molecule has 108 valence electrons. The van der Waals surface area contributed by atoms with Gasteiger partial charge in [0, 0.05) is 18.7 Å². The van der Waals surface area contributed by atoms with Gasteiger partial charge >= 0.3 is 0 Å². The minimum absolute atomic E-state index is 0.201. The maximum absolute atomic E-state index is 12.5. The first-order valence-corrected chi connectivity index (χ1v) is 8.20. The van der Waals surface area contributed by atoms with E-state index in [4.69, 9.17) is 5.11 Å². The van der Waals surface area contributed by atoms with Crippen molar-refractivity contribution in [3.8, 4) is 11.8 Å². The topological polar surface area (TPSA) is 57.6 Å². The normalized spacial score (nSPS) is 16.5. The number of sulfonamides is 1. The second kappa shape index (κ2) is 6.40. The van der Waals surface area contributed by atoms with Crippen molar-refractivity contribution in [3.63, 3.8) is 0 Å².